The Morgan fingerprint density at radius 1 is 0.485 bits per heavy atom. The lowest BCUT2D eigenvalue weighted by Gasteiger charge is -2.11. The summed E-state index contributed by atoms with van der Waals surface area (Å²) in [5.74, 6) is 0. The van der Waals surface area contributed by atoms with Crippen LogP contribution in [0.25, 0.3) is 54.0 Å². The molecular formula is C30H20N2S. The summed E-state index contributed by atoms with van der Waals surface area (Å²) in [5.41, 5.74) is 6.11. The quantitative estimate of drug-likeness (QED) is 0.261. The van der Waals surface area contributed by atoms with Gasteiger partial charge in [-0.25, -0.2) is 0 Å². The molecule has 0 atom stereocenters. The van der Waals surface area contributed by atoms with E-state index in [-0.39, 0.29) is 0 Å². The molecule has 0 saturated carbocycles. The lowest BCUT2D eigenvalue weighted by atomic mass is 10.1. The van der Waals surface area contributed by atoms with Gasteiger partial charge in [0.15, 0.2) is 0 Å². The molecule has 0 aliphatic rings. The Labute approximate surface area is 195 Å². The fraction of sp³-hybridized carbons (Fsp3) is 0. The summed E-state index contributed by atoms with van der Waals surface area (Å²) in [6.07, 6.45) is 0. The summed E-state index contributed by atoms with van der Waals surface area (Å²) in [6.45, 7) is 0. The summed E-state index contributed by atoms with van der Waals surface area (Å²) in [6, 6.07) is 43.3. The first-order chi connectivity index (χ1) is 16.4. The predicted molar refractivity (Wildman–Crippen MR) is 141 cm³/mol. The SMILES string of the molecule is c1ccc(-c2ccc(-n3c4ccccc4c4c5ccccc5n(-c5ccccc5)c43)s2)cc1. The molecule has 0 aliphatic heterocycles. The molecule has 0 spiro atoms. The Hall–Kier alpha value is -4.08. The second kappa shape index (κ2) is 7.22. The maximum absolute atomic E-state index is 2.44. The number of thiophene rings is 1. The molecule has 0 amide bonds. The normalized spacial score (nSPS) is 11.6. The maximum atomic E-state index is 2.44. The summed E-state index contributed by atoms with van der Waals surface area (Å²) < 4.78 is 4.85. The van der Waals surface area contributed by atoms with Crippen molar-refractivity contribution in [2.75, 3.05) is 0 Å². The topological polar surface area (TPSA) is 9.86 Å². The third kappa shape index (κ3) is 2.73. The third-order valence-electron chi connectivity index (χ3n) is 6.36. The van der Waals surface area contributed by atoms with E-state index in [9.17, 15) is 0 Å². The molecule has 0 radical (unpaired) electrons. The number of aromatic nitrogens is 2. The molecule has 0 unspecified atom stereocenters. The van der Waals surface area contributed by atoms with Crippen LogP contribution in [-0.2, 0) is 0 Å². The number of nitrogens with zero attached hydrogens (tertiary/aromatic N) is 2. The minimum absolute atomic E-state index is 1.17. The highest BCUT2D eigenvalue weighted by molar-refractivity contribution is 7.18. The Kier molecular flexibility index (Phi) is 4.05. The van der Waals surface area contributed by atoms with Crippen molar-refractivity contribution in [3.8, 4) is 21.1 Å². The molecule has 0 N–H and O–H groups in total. The fourth-order valence-electron chi connectivity index (χ4n) is 4.96. The lowest BCUT2D eigenvalue weighted by molar-refractivity contribution is 1.08. The average Bonchev–Trinajstić information content (AvgIpc) is 3.57. The number of hydrogen-bond acceptors (Lipinski definition) is 1. The van der Waals surface area contributed by atoms with Gasteiger partial charge >= 0.3 is 0 Å². The molecule has 0 bridgehead atoms. The van der Waals surface area contributed by atoms with Gasteiger partial charge in [-0.15, -0.1) is 11.3 Å². The molecule has 4 aromatic carbocycles. The van der Waals surface area contributed by atoms with Crippen LogP contribution in [-0.4, -0.2) is 9.13 Å². The molecule has 0 saturated heterocycles. The van der Waals surface area contributed by atoms with Gasteiger partial charge in [0.1, 0.15) is 10.6 Å². The molecule has 0 aliphatic carbocycles. The largest absolute Gasteiger partial charge is 0.295 e. The second-order valence-electron chi connectivity index (χ2n) is 8.24. The van der Waals surface area contributed by atoms with E-state index in [0.29, 0.717) is 0 Å². The van der Waals surface area contributed by atoms with Crippen LogP contribution in [0.5, 0.6) is 0 Å². The van der Waals surface area contributed by atoms with Crippen LogP contribution < -0.4 is 0 Å². The highest BCUT2D eigenvalue weighted by Crippen LogP contribution is 2.42. The number of rotatable bonds is 3. The zero-order valence-corrected chi connectivity index (χ0v) is 18.7. The van der Waals surface area contributed by atoms with E-state index in [2.05, 4.69) is 130 Å². The Bertz CT molecular complexity index is 1750. The molecule has 3 heteroatoms. The van der Waals surface area contributed by atoms with Crippen molar-refractivity contribution in [3.05, 3.63) is 121 Å². The number of para-hydroxylation sites is 3. The van der Waals surface area contributed by atoms with Crippen molar-refractivity contribution in [1.82, 2.24) is 9.13 Å². The highest BCUT2D eigenvalue weighted by atomic mass is 32.1. The van der Waals surface area contributed by atoms with Gasteiger partial charge in [0.05, 0.1) is 11.0 Å². The van der Waals surface area contributed by atoms with Gasteiger partial charge in [0, 0.05) is 26.7 Å². The highest BCUT2D eigenvalue weighted by Gasteiger charge is 2.22. The number of hydrogen-bond donors (Lipinski definition) is 0. The smallest absolute Gasteiger partial charge is 0.132 e. The van der Waals surface area contributed by atoms with Crippen molar-refractivity contribution in [2.24, 2.45) is 0 Å². The van der Waals surface area contributed by atoms with Gasteiger partial charge in [-0.2, -0.15) is 0 Å². The molecular weight excluding hydrogens is 420 g/mol. The average molecular weight is 441 g/mol. The van der Waals surface area contributed by atoms with Crippen LogP contribution in [0.3, 0.4) is 0 Å². The first-order valence-corrected chi connectivity index (χ1v) is 12.0. The van der Waals surface area contributed by atoms with Crippen LogP contribution in [0.2, 0.25) is 0 Å². The van der Waals surface area contributed by atoms with Crippen molar-refractivity contribution < 1.29 is 0 Å². The fourth-order valence-corrected chi connectivity index (χ4v) is 5.99. The van der Waals surface area contributed by atoms with Crippen LogP contribution in [0.15, 0.2) is 121 Å². The van der Waals surface area contributed by atoms with E-state index in [1.54, 1.807) is 0 Å². The van der Waals surface area contributed by atoms with Crippen LogP contribution in [0.4, 0.5) is 0 Å². The minimum atomic E-state index is 1.17. The van der Waals surface area contributed by atoms with E-state index in [0.717, 1.165) is 0 Å². The Morgan fingerprint density at radius 2 is 1.06 bits per heavy atom. The zero-order chi connectivity index (χ0) is 21.8. The first kappa shape index (κ1) is 18.5. The van der Waals surface area contributed by atoms with Crippen LogP contribution >= 0.6 is 11.3 Å². The molecule has 7 aromatic rings. The maximum Gasteiger partial charge on any atom is 0.132 e. The first-order valence-electron chi connectivity index (χ1n) is 11.1. The molecule has 3 aromatic heterocycles. The van der Waals surface area contributed by atoms with E-state index in [1.165, 1.54) is 54.0 Å². The summed E-state index contributed by atoms with van der Waals surface area (Å²) >= 11 is 1.84. The van der Waals surface area contributed by atoms with Crippen molar-refractivity contribution >= 4 is 44.2 Å². The summed E-state index contributed by atoms with van der Waals surface area (Å²) in [5, 5.41) is 5.10. The molecule has 33 heavy (non-hydrogen) atoms. The zero-order valence-electron chi connectivity index (χ0n) is 17.8. The van der Waals surface area contributed by atoms with E-state index >= 15 is 0 Å². The summed E-state index contributed by atoms with van der Waals surface area (Å²) in [7, 11) is 0. The van der Waals surface area contributed by atoms with Crippen molar-refractivity contribution in [3.63, 3.8) is 0 Å². The molecule has 156 valence electrons. The van der Waals surface area contributed by atoms with Gasteiger partial charge in [-0.1, -0.05) is 84.9 Å². The molecule has 3 heterocycles. The van der Waals surface area contributed by atoms with Crippen molar-refractivity contribution in [2.45, 2.75) is 0 Å². The predicted octanol–water partition coefficient (Wildman–Crippen LogP) is 8.46. The lowest BCUT2D eigenvalue weighted by Crippen LogP contribution is -2.00. The van der Waals surface area contributed by atoms with Crippen LogP contribution in [0.1, 0.15) is 0 Å². The summed E-state index contributed by atoms with van der Waals surface area (Å²) in [4.78, 5) is 1.28. The Balaban J connectivity index is 1.63. The number of benzene rings is 4. The van der Waals surface area contributed by atoms with Gasteiger partial charge in [-0.3, -0.25) is 9.13 Å². The standard InChI is InChI=1S/C30H20N2S/c1-3-11-21(12-4-1)27-19-20-28(33-27)32-26-18-10-8-16-24(26)29-23-15-7-9-17-25(23)31(30(29)32)22-13-5-2-6-14-22/h1-20H. The van der Waals surface area contributed by atoms with Gasteiger partial charge in [0.25, 0.3) is 0 Å². The third-order valence-corrected chi connectivity index (χ3v) is 7.48. The van der Waals surface area contributed by atoms with E-state index in [1.807, 2.05) is 11.3 Å². The molecule has 2 nitrogen and oxygen atoms in total. The Morgan fingerprint density at radius 3 is 1.76 bits per heavy atom. The van der Waals surface area contributed by atoms with E-state index in [4.69, 9.17) is 0 Å². The molecule has 7 rings (SSSR count). The van der Waals surface area contributed by atoms with Gasteiger partial charge in [-0.05, 0) is 42.0 Å². The van der Waals surface area contributed by atoms with Gasteiger partial charge in [0.2, 0.25) is 0 Å². The van der Waals surface area contributed by atoms with Crippen LogP contribution in [0, 0.1) is 0 Å². The monoisotopic (exact) mass is 440 g/mol. The van der Waals surface area contributed by atoms with Crippen molar-refractivity contribution in [1.29, 1.82) is 0 Å². The minimum Gasteiger partial charge on any atom is -0.295 e. The van der Waals surface area contributed by atoms with E-state index < -0.39 is 0 Å². The number of fused-ring (bicyclic) bond motifs is 5. The molecule has 0 fully saturated rings. The van der Waals surface area contributed by atoms with Gasteiger partial charge < -0.3 is 0 Å². The second-order valence-corrected chi connectivity index (χ2v) is 9.31.